The number of hydrogen-bond donors (Lipinski definition) is 19. The maximum atomic E-state index is 14.7. The van der Waals surface area contributed by atoms with Crippen LogP contribution in [0.4, 0.5) is 0 Å². The number of carboxylic acid groups (broad SMARTS) is 1. The molecule has 32 heteroatoms. The smallest absolute Gasteiger partial charge is 0.326 e. The van der Waals surface area contributed by atoms with E-state index in [0.29, 0.717) is 88.5 Å². The van der Waals surface area contributed by atoms with E-state index >= 15 is 0 Å². The van der Waals surface area contributed by atoms with E-state index in [9.17, 15) is 72.5 Å². The molecule has 13 atom stereocenters. The van der Waals surface area contributed by atoms with Crippen molar-refractivity contribution >= 4 is 76.9 Å². The molecule has 0 fully saturated rings. The number of carbonyl (C=O) groups is 13. The fraction of sp³-hybridized carbons (Fsp3) is 0.667. The van der Waals surface area contributed by atoms with Crippen LogP contribution in [0.3, 0.4) is 0 Å². The predicted molar refractivity (Wildman–Crippen MR) is 407 cm³/mol. The lowest BCUT2D eigenvalue weighted by molar-refractivity contribution is -0.143. The summed E-state index contributed by atoms with van der Waals surface area (Å²) in [5.41, 5.74) is 30.3. The van der Waals surface area contributed by atoms with Crippen LogP contribution in [0.2, 0.25) is 0 Å². The molecule has 0 saturated heterocycles. The van der Waals surface area contributed by atoms with Crippen LogP contribution in [0.25, 0.3) is 0 Å². The molecule has 0 bridgehead atoms. The molecule has 0 saturated carbocycles. The Balaban J connectivity index is 2.41. The average Bonchev–Trinajstić information content (AvgIpc) is 0.848. The van der Waals surface area contributed by atoms with Crippen molar-refractivity contribution in [1.29, 1.82) is 0 Å². The van der Waals surface area contributed by atoms with Crippen molar-refractivity contribution in [3.8, 4) is 5.75 Å². The second-order valence-electron chi connectivity index (χ2n) is 29.5. The maximum Gasteiger partial charge on any atom is 0.326 e. The number of nitrogens with one attached hydrogen (secondary N) is 12. The summed E-state index contributed by atoms with van der Waals surface area (Å²) in [6.07, 6.45) is 4.65. The molecule has 0 aliphatic carbocycles. The first-order valence-corrected chi connectivity index (χ1v) is 37.7. The minimum atomic E-state index is -1.44. The molecule has 2 aromatic rings. The van der Waals surface area contributed by atoms with Crippen LogP contribution in [0.15, 0.2) is 54.6 Å². The quantitative estimate of drug-likeness (QED) is 0.0388. The summed E-state index contributed by atoms with van der Waals surface area (Å²) in [5, 5.41) is 52.2. The van der Waals surface area contributed by atoms with E-state index in [4.69, 9.17) is 28.7 Å². The van der Waals surface area contributed by atoms with Crippen molar-refractivity contribution < 1.29 is 72.5 Å². The van der Waals surface area contributed by atoms with Gasteiger partial charge in [-0.15, -0.1) is 0 Å². The number of carbonyl (C=O) groups excluding carboxylic acids is 12. The number of nitrogens with two attached hydrogens (primary N) is 5. The molecule has 2 aromatic carbocycles. The number of phenolic OH excluding ortho intramolecular Hbond substituents is 1. The fourth-order valence-corrected chi connectivity index (χ4v) is 11.5. The van der Waals surface area contributed by atoms with Crippen molar-refractivity contribution in [3.05, 3.63) is 65.7 Å². The van der Waals surface area contributed by atoms with Gasteiger partial charge in [0, 0.05) is 12.8 Å². The maximum absolute atomic E-state index is 14.7. The van der Waals surface area contributed by atoms with E-state index in [1.807, 2.05) is 27.7 Å². The van der Waals surface area contributed by atoms with Crippen molar-refractivity contribution in [3.63, 3.8) is 0 Å². The van der Waals surface area contributed by atoms with Crippen molar-refractivity contribution in [1.82, 2.24) is 63.8 Å². The zero-order chi connectivity index (χ0) is 80.6. The Labute approximate surface area is 630 Å². The van der Waals surface area contributed by atoms with Crippen LogP contribution < -0.4 is 92.5 Å². The standard InChI is InChI=1S/C75H127N17O15/c1-42(2)38-56(87-68(99)55(29-19-23-37-79)85-67(98)54(28-18-22-36-78)84-66(97)53(27-17-21-35-77)83-65(96)52(80)26-16-20-34-76)70(101)90-60(44(5)6)73(104)82-47(11)63(94)81-48(12)64(95)86-58(40-49-24-14-13-15-25-49)69(100)88-59(41-50-30-32-51(93)33-31-50)72(103)91-61(45(7)8)74(105)89-57(39-43(3)4)71(102)92-62(46(9)10)75(106)107/h13-15,24-25,30-33,42-48,52-62,93H,16-23,26-29,34-41,76-80H2,1-12H3,(H,81,94)(H,82,104)(H,83,96)(H,84,97)(H,85,98)(H,86,95)(H,87,99)(H,88,100)(H,89,105)(H,90,101)(H,91,103)(H,92,102)(H,106,107)/t47-,48-,52-,53-,54-,55-,56-,57-,58-,59-,60-,61-,62-/m0/s1. The Morgan fingerprint density at radius 3 is 0.991 bits per heavy atom. The normalized spacial score (nSPS) is 15.1. The molecule has 0 aliphatic rings. The lowest BCUT2D eigenvalue weighted by Crippen LogP contribution is -2.61. The highest BCUT2D eigenvalue weighted by Gasteiger charge is 2.38. The van der Waals surface area contributed by atoms with Gasteiger partial charge < -0.3 is 103 Å². The van der Waals surface area contributed by atoms with E-state index in [1.54, 1.807) is 71.9 Å². The van der Waals surface area contributed by atoms with Gasteiger partial charge in [0.25, 0.3) is 0 Å². The third kappa shape index (κ3) is 35.6. The first-order chi connectivity index (χ1) is 50.5. The molecular formula is C75H127N17O15. The molecule has 32 nitrogen and oxygen atoms in total. The fourth-order valence-electron chi connectivity index (χ4n) is 11.5. The summed E-state index contributed by atoms with van der Waals surface area (Å²) in [7, 11) is 0. The molecule has 0 aromatic heterocycles. The SMILES string of the molecule is CC(C)C[C@H](NC(=O)[C@H](CCCCN)NC(=O)[C@H](CCCCN)NC(=O)[C@H](CCCCN)NC(=O)[C@@H](N)CCCCN)C(=O)N[C@H](C(=O)N[C@@H](C)C(=O)N[C@@H](C)C(=O)N[C@@H](Cc1ccccc1)C(=O)N[C@@H](Cc1ccc(O)cc1)C(=O)N[C@H](C(=O)N[C@@H](CC(C)C)C(=O)N[C@H](C(=O)O)C(C)C)C(C)C)C(C)C. The lowest BCUT2D eigenvalue weighted by Gasteiger charge is -2.29. The first kappa shape index (κ1) is 94.2. The van der Waals surface area contributed by atoms with Gasteiger partial charge in [-0.25, -0.2) is 4.79 Å². The third-order valence-corrected chi connectivity index (χ3v) is 17.9. The van der Waals surface area contributed by atoms with Crippen molar-refractivity contribution in [2.45, 2.75) is 264 Å². The number of aliphatic carboxylic acids is 1. The molecule has 24 N–H and O–H groups in total. The molecule has 2 rings (SSSR count). The first-order valence-electron chi connectivity index (χ1n) is 37.7. The molecule has 0 spiro atoms. The lowest BCUT2D eigenvalue weighted by atomic mass is 9.98. The predicted octanol–water partition coefficient (Wildman–Crippen LogP) is 0.0229. The topological polar surface area (TPSA) is 537 Å². The average molecular weight is 1510 g/mol. The van der Waals surface area contributed by atoms with Gasteiger partial charge >= 0.3 is 5.97 Å². The summed E-state index contributed by atoms with van der Waals surface area (Å²) in [6, 6.07) is -1.93. The number of aromatic hydroxyl groups is 1. The van der Waals surface area contributed by atoms with Crippen LogP contribution in [-0.4, -0.2) is 192 Å². The minimum absolute atomic E-state index is 0.0722. The van der Waals surface area contributed by atoms with Crippen LogP contribution in [0, 0.1) is 29.6 Å². The second kappa shape index (κ2) is 49.9. The van der Waals surface area contributed by atoms with Gasteiger partial charge in [-0.2, -0.15) is 0 Å². The van der Waals surface area contributed by atoms with Gasteiger partial charge in [0.05, 0.1) is 6.04 Å². The van der Waals surface area contributed by atoms with Gasteiger partial charge in [0.15, 0.2) is 0 Å². The summed E-state index contributed by atoms with van der Waals surface area (Å²) in [6.45, 7) is 21.1. The Hall–Kier alpha value is -8.85. The van der Waals surface area contributed by atoms with Gasteiger partial charge in [-0.05, 0) is 176 Å². The molecule has 107 heavy (non-hydrogen) atoms. The monoisotopic (exact) mass is 1510 g/mol. The minimum Gasteiger partial charge on any atom is -0.508 e. The number of benzene rings is 2. The van der Waals surface area contributed by atoms with Gasteiger partial charge in [-0.3, -0.25) is 57.5 Å². The largest absolute Gasteiger partial charge is 0.508 e. The number of carboxylic acids is 1. The summed E-state index contributed by atoms with van der Waals surface area (Å²) in [4.78, 5) is 182. The molecule has 0 radical (unpaired) electrons. The van der Waals surface area contributed by atoms with E-state index in [2.05, 4.69) is 63.8 Å². The van der Waals surface area contributed by atoms with Gasteiger partial charge in [-0.1, -0.05) is 118 Å². The number of phenols is 1. The Morgan fingerprint density at radius 2 is 0.607 bits per heavy atom. The zero-order valence-corrected chi connectivity index (χ0v) is 64.8. The molecule has 0 heterocycles. The highest BCUT2D eigenvalue weighted by Crippen LogP contribution is 2.17. The zero-order valence-electron chi connectivity index (χ0n) is 64.8. The van der Waals surface area contributed by atoms with Crippen LogP contribution in [0.1, 0.15) is 184 Å². The van der Waals surface area contributed by atoms with Crippen LogP contribution in [0.5, 0.6) is 5.75 Å². The number of rotatable bonds is 52. The molecule has 0 aliphatic heterocycles. The van der Waals surface area contributed by atoms with Crippen LogP contribution >= 0.6 is 0 Å². The van der Waals surface area contributed by atoms with Crippen molar-refractivity contribution in [2.24, 2.45) is 58.3 Å². The Bertz CT molecular complexity index is 3140. The van der Waals surface area contributed by atoms with E-state index in [-0.39, 0.29) is 69.1 Å². The summed E-state index contributed by atoms with van der Waals surface area (Å²) >= 11 is 0. The highest BCUT2D eigenvalue weighted by molar-refractivity contribution is 6.00. The summed E-state index contributed by atoms with van der Waals surface area (Å²) in [5.74, 6) is -12.5. The Morgan fingerprint density at radius 1 is 0.318 bits per heavy atom. The van der Waals surface area contributed by atoms with Crippen molar-refractivity contribution in [2.75, 3.05) is 26.2 Å². The number of hydrogen-bond acceptors (Lipinski definition) is 19. The van der Waals surface area contributed by atoms with Gasteiger partial charge in [0.2, 0.25) is 70.9 Å². The number of amides is 12. The molecule has 12 amide bonds. The molecular weight excluding hydrogens is 1380 g/mol. The van der Waals surface area contributed by atoms with Crippen LogP contribution in [-0.2, 0) is 75.2 Å². The number of unbranched alkanes of at least 4 members (excludes halogenated alkanes) is 4. The summed E-state index contributed by atoms with van der Waals surface area (Å²) < 4.78 is 0. The van der Waals surface area contributed by atoms with E-state index in [0.717, 1.165) is 0 Å². The van der Waals surface area contributed by atoms with E-state index < -0.39 is 173 Å². The second-order valence-corrected chi connectivity index (χ2v) is 29.5. The third-order valence-electron chi connectivity index (χ3n) is 17.9. The highest BCUT2D eigenvalue weighted by atomic mass is 16.4. The molecule has 602 valence electrons. The molecule has 0 unspecified atom stereocenters. The van der Waals surface area contributed by atoms with Gasteiger partial charge in [0.1, 0.15) is 78.3 Å². The Kier molecular flexibility index (Phi) is 44.0. The van der Waals surface area contributed by atoms with E-state index in [1.165, 1.54) is 38.1 Å².